The number of rotatable bonds is 6. The van der Waals surface area contributed by atoms with Gasteiger partial charge in [0.25, 0.3) is 0 Å². The zero-order chi connectivity index (χ0) is 8.69. The van der Waals surface area contributed by atoms with Gasteiger partial charge in [0, 0.05) is 6.04 Å². The Balaban J connectivity index is 3.28. The van der Waals surface area contributed by atoms with E-state index in [4.69, 9.17) is 0 Å². The molecule has 0 bridgehead atoms. The highest BCUT2D eigenvalue weighted by molar-refractivity contribution is 4.68. The van der Waals surface area contributed by atoms with Gasteiger partial charge in [0.1, 0.15) is 0 Å². The number of aliphatic hydroxyl groups excluding tert-OH is 1. The Bertz CT molecular complexity index is 85.6. The van der Waals surface area contributed by atoms with Crippen LogP contribution in [0.3, 0.4) is 0 Å². The monoisotopic (exact) mass is 159 g/mol. The third-order valence-electron chi connectivity index (χ3n) is 2.14. The fourth-order valence-corrected chi connectivity index (χ4v) is 1.05. The molecule has 0 radical (unpaired) electrons. The third kappa shape index (κ3) is 5.22. The molecule has 0 aliphatic rings. The smallest absolute Gasteiger partial charge is 0.0690 e. The molecule has 11 heavy (non-hydrogen) atoms. The van der Waals surface area contributed by atoms with Crippen molar-refractivity contribution in [2.75, 3.05) is 7.05 Å². The van der Waals surface area contributed by atoms with Crippen molar-refractivity contribution in [2.45, 2.75) is 51.7 Å². The van der Waals surface area contributed by atoms with E-state index in [-0.39, 0.29) is 12.1 Å². The van der Waals surface area contributed by atoms with Gasteiger partial charge in [-0.3, -0.25) is 0 Å². The van der Waals surface area contributed by atoms with Gasteiger partial charge in [-0.2, -0.15) is 0 Å². The molecule has 0 spiro atoms. The van der Waals surface area contributed by atoms with Gasteiger partial charge in [-0.25, -0.2) is 0 Å². The summed E-state index contributed by atoms with van der Waals surface area (Å²) in [5.74, 6) is 0. The van der Waals surface area contributed by atoms with Crippen LogP contribution in [0.2, 0.25) is 0 Å². The molecular weight excluding hydrogens is 138 g/mol. The van der Waals surface area contributed by atoms with Gasteiger partial charge in [-0.1, -0.05) is 26.2 Å². The Hall–Kier alpha value is -0.0800. The highest BCUT2D eigenvalue weighted by Gasteiger charge is 2.10. The Morgan fingerprint density at radius 3 is 2.45 bits per heavy atom. The van der Waals surface area contributed by atoms with E-state index >= 15 is 0 Å². The van der Waals surface area contributed by atoms with E-state index in [1.165, 1.54) is 12.8 Å². The number of likely N-dealkylation sites (N-methyl/N-ethyl adjacent to an activating group) is 1. The van der Waals surface area contributed by atoms with Crippen molar-refractivity contribution >= 4 is 0 Å². The Labute approximate surface area is 70.0 Å². The fourth-order valence-electron chi connectivity index (χ4n) is 1.05. The molecule has 0 aliphatic heterocycles. The van der Waals surface area contributed by atoms with Crippen molar-refractivity contribution < 1.29 is 5.11 Å². The van der Waals surface area contributed by atoms with E-state index in [2.05, 4.69) is 12.2 Å². The van der Waals surface area contributed by atoms with Gasteiger partial charge in [0.2, 0.25) is 0 Å². The molecule has 68 valence electrons. The van der Waals surface area contributed by atoms with Crippen LogP contribution in [-0.2, 0) is 0 Å². The van der Waals surface area contributed by atoms with Crippen molar-refractivity contribution in [3.63, 3.8) is 0 Å². The SMILES string of the molecule is CCCCCC(O)C(C)NC. The Morgan fingerprint density at radius 2 is 2.00 bits per heavy atom. The van der Waals surface area contributed by atoms with Crippen LogP contribution in [-0.4, -0.2) is 24.3 Å². The molecule has 0 saturated heterocycles. The minimum Gasteiger partial charge on any atom is -0.392 e. The van der Waals surface area contributed by atoms with E-state index in [0.29, 0.717) is 0 Å². The summed E-state index contributed by atoms with van der Waals surface area (Å²) in [6.45, 7) is 4.19. The lowest BCUT2D eigenvalue weighted by Gasteiger charge is -2.17. The third-order valence-corrected chi connectivity index (χ3v) is 2.14. The minimum atomic E-state index is -0.174. The minimum absolute atomic E-state index is 0.174. The molecule has 0 amide bonds. The highest BCUT2D eigenvalue weighted by Crippen LogP contribution is 2.05. The first-order valence-electron chi connectivity index (χ1n) is 4.57. The lowest BCUT2D eigenvalue weighted by molar-refractivity contribution is 0.126. The van der Waals surface area contributed by atoms with E-state index < -0.39 is 0 Å². The average molecular weight is 159 g/mol. The van der Waals surface area contributed by atoms with Crippen LogP contribution in [0.5, 0.6) is 0 Å². The molecule has 0 aromatic rings. The molecule has 0 heterocycles. The summed E-state index contributed by atoms with van der Waals surface area (Å²) in [4.78, 5) is 0. The molecule has 0 fully saturated rings. The molecule has 0 aromatic heterocycles. The van der Waals surface area contributed by atoms with Gasteiger partial charge in [0.05, 0.1) is 6.10 Å². The Kier molecular flexibility index (Phi) is 6.57. The number of nitrogens with one attached hydrogen (secondary N) is 1. The summed E-state index contributed by atoms with van der Waals surface area (Å²) in [6.07, 6.45) is 4.35. The van der Waals surface area contributed by atoms with Crippen LogP contribution in [0.1, 0.15) is 39.5 Å². The van der Waals surface area contributed by atoms with Crippen molar-refractivity contribution in [3.05, 3.63) is 0 Å². The average Bonchev–Trinajstić information content (AvgIpc) is 2.03. The van der Waals surface area contributed by atoms with E-state index in [1.807, 2.05) is 14.0 Å². The normalized spacial score (nSPS) is 16.4. The largest absolute Gasteiger partial charge is 0.392 e. The van der Waals surface area contributed by atoms with Gasteiger partial charge >= 0.3 is 0 Å². The number of aliphatic hydroxyl groups is 1. The molecule has 0 rings (SSSR count). The zero-order valence-corrected chi connectivity index (χ0v) is 7.93. The summed E-state index contributed by atoms with van der Waals surface area (Å²) in [6, 6.07) is 0.229. The van der Waals surface area contributed by atoms with E-state index in [1.54, 1.807) is 0 Å². The maximum atomic E-state index is 9.48. The quantitative estimate of drug-likeness (QED) is 0.576. The summed E-state index contributed by atoms with van der Waals surface area (Å²) >= 11 is 0. The first-order chi connectivity index (χ1) is 5.22. The molecule has 0 aliphatic carbocycles. The number of unbranched alkanes of at least 4 members (excludes halogenated alkanes) is 2. The molecule has 0 saturated carbocycles. The predicted molar refractivity (Wildman–Crippen MR) is 48.7 cm³/mol. The number of hydrogen-bond donors (Lipinski definition) is 2. The van der Waals surface area contributed by atoms with Crippen molar-refractivity contribution in [1.82, 2.24) is 5.32 Å². The zero-order valence-electron chi connectivity index (χ0n) is 7.93. The first-order valence-corrected chi connectivity index (χ1v) is 4.57. The first kappa shape index (κ1) is 10.9. The van der Waals surface area contributed by atoms with Crippen molar-refractivity contribution in [2.24, 2.45) is 0 Å². The second-order valence-electron chi connectivity index (χ2n) is 3.14. The maximum absolute atomic E-state index is 9.48. The van der Waals surface area contributed by atoms with Gasteiger partial charge in [-0.15, -0.1) is 0 Å². The van der Waals surface area contributed by atoms with Gasteiger partial charge in [0.15, 0.2) is 0 Å². The lowest BCUT2D eigenvalue weighted by atomic mass is 10.1. The van der Waals surface area contributed by atoms with Crippen LogP contribution in [0.25, 0.3) is 0 Å². The van der Waals surface area contributed by atoms with Crippen LogP contribution >= 0.6 is 0 Å². The molecule has 0 aromatic carbocycles. The predicted octanol–water partition coefficient (Wildman–Crippen LogP) is 1.54. The summed E-state index contributed by atoms with van der Waals surface area (Å²) in [5.41, 5.74) is 0. The maximum Gasteiger partial charge on any atom is 0.0690 e. The Morgan fingerprint density at radius 1 is 1.36 bits per heavy atom. The van der Waals surface area contributed by atoms with E-state index in [0.717, 1.165) is 12.8 Å². The topological polar surface area (TPSA) is 32.3 Å². The summed E-state index contributed by atoms with van der Waals surface area (Å²) in [5, 5.41) is 12.5. The van der Waals surface area contributed by atoms with Crippen molar-refractivity contribution in [3.8, 4) is 0 Å². The fraction of sp³-hybridized carbons (Fsp3) is 1.00. The number of hydrogen-bond acceptors (Lipinski definition) is 2. The highest BCUT2D eigenvalue weighted by atomic mass is 16.3. The van der Waals surface area contributed by atoms with Gasteiger partial charge in [-0.05, 0) is 20.4 Å². The molecule has 2 heteroatoms. The molecule has 2 nitrogen and oxygen atoms in total. The van der Waals surface area contributed by atoms with Crippen LogP contribution in [0, 0.1) is 0 Å². The standard InChI is InChI=1S/C9H21NO/c1-4-5-6-7-9(11)8(2)10-3/h8-11H,4-7H2,1-3H3. The summed E-state index contributed by atoms with van der Waals surface area (Å²) in [7, 11) is 1.88. The molecule has 2 N–H and O–H groups in total. The lowest BCUT2D eigenvalue weighted by Crippen LogP contribution is -2.34. The van der Waals surface area contributed by atoms with Crippen LogP contribution in [0.15, 0.2) is 0 Å². The second-order valence-corrected chi connectivity index (χ2v) is 3.14. The summed E-state index contributed by atoms with van der Waals surface area (Å²) < 4.78 is 0. The van der Waals surface area contributed by atoms with E-state index in [9.17, 15) is 5.11 Å². The molecular formula is C9H21NO. The van der Waals surface area contributed by atoms with Crippen LogP contribution in [0.4, 0.5) is 0 Å². The van der Waals surface area contributed by atoms with Gasteiger partial charge < -0.3 is 10.4 Å². The molecule has 2 unspecified atom stereocenters. The molecule has 2 atom stereocenters. The second kappa shape index (κ2) is 6.62. The van der Waals surface area contributed by atoms with Crippen molar-refractivity contribution in [1.29, 1.82) is 0 Å². The van der Waals surface area contributed by atoms with Crippen LogP contribution < -0.4 is 5.32 Å².